The average molecular weight is 367 g/mol. The number of rotatable bonds is 3. The summed E-state index contributed by atoms with van der Waals surface area (Å²) in [5.74, 6) is -0.396. The smallest absolute Gasteiger partial charge is 0.340 e. The minimum absolute atomic E-state index is 0.300. The summed E-state index contributed by atoms with van der Waals surface area (Å²) in [6.45, 7) is 1.84. The summed E-state index contributed by atoms with van der Waals surface area (Å²) in [6, 6.07) is 14.9. The fraction of sp³-hybridized carbons (Fsp3) is 0.133. The number of carbonyl (C=O) groups excluding carboxylic acids is 1. The van der Waals surface area contributed by atoms with E-state index < -0.39 is 5.97 Å². The van der Waals surface area contributed by atoms with Gasteiger partial charge < -0.3 is 10.5 Å². The van der Waals surface area contributed by atoms with Gasteiger partial charge in [-0.3, -0.25) is 0 Å². The minimum atomic E-state index is -0.396. The molecule has 0 fully saturated rings. The molecule has 3 nitrogen and oxygen atoms in total. The van der Waals surface area contributed by atoms with Crippen molar-refractivity contribution in [1.29, 1.82) is 0 Å². The van der Waals surface area contributed by atoms with Crippen molar-refractivity contribution in [3.8, 4) is 0 Å². The first-order valence-electron chi connectivity index (χ1n) is 5.89. The molecule has 0 aromatic heterocycles. The van der Waals surface area contributed by atoms with Crippen molar-refractivity contribution < 1.29 is 9.53 Å². The van der Waals surface area contributed by atoms with Crippen LogP contribution in [0.4, 0.5) is 5.69 Å². The maximum atomic E-state index is 12.1. The molecule has 0 bridgehead atoms. The van der Waals surface area contributed by atoms with Gasteiger partial charge in [-0.25, -0.2) is 4.79 Å². The van der Waals surface area contributed by atoms with E-state index in [1.54, 1.807) is 12.1 Å². The lowest BCUT2D eigenvalue weighted by atomic mass is 10.1. The molecule has 0 spiro atoms. The van der Waals surface area contributed by atoms with Crippen LogP contribution in [0.2, 0.25) is 0 Å². The molecule has 19 heavy (non-hydrogen) atoms. The Kier molecular flexibility index (Phi) is 4.42. The molecular formula is C15H14INO2. The average Bonchev–Trinajstić information content (AvgIpc) is 2.42. The normalized spacial score (nSPS) is 11.9. The molecule has 0 radical (unpaired) electrons. The summed E-state index contributed by atoms with van der Waals surface area (Å²) in [7, 11) is 0. The van der Waals surface area contributed by atoms with Crippen molar-refractivity contribution in [3.05, 3.63) is 63.2 Å². The Bertz CT molecular complexity index is 584. The third-order valence-corrected chi connectivity index (χ3v) is 3.46. The molecule has 2 aromatic carbocycles. The molecular weight excluding hydrogens is 353 g/mol. The van der Waals surface area contributed by atoms with Gasteiger partial charge >= 0.3 is 5.97 Å². The minimum Gasteiger partial charge on any atom is -0.454 e. The van der Waals surface area contributed by atoms with Crippen molar-refractivity contribution in [2.45, 2.75) is 13.0 Å². The van der Waals surface area contributed by atoms with Gasteiger partial charge in [-0.05, 0) is 53.3 Å². The topological polar surface area (TPSA) is 52.3 Å². The fourth-order valence-electron chi connectivity index (χ4n) is 1.72. The lowest BCUT2D eigenvalue weighted by Crippen LogP contribution is -2.11. The van der Waals surface area contributed by atoms with Crippen LogP contribution in [0.5, 0.6) is 0 Å². The van der Waals surface area contributed by atoms with Gasteiger partial charge in [0.1, 0.15) is 6.10 Å². The van der Waals surface area contributed by atoms with E-state index in [-0.39, 0.29) is 6.10 Å². The molecule has 98 valence electrons. The van der Waals surface area contributed by atoms with Crippen molar-refractivity contribution in [1.82, 2.24) is 0 Å². The number of nitrogen functional groups attached to an aromatic ring is 1. The van der Waals surface area contributed by atoms with Gasteiger partial charge in [-0.15, -0.1) is 0 Å². The van der Waals surface area contributed by atoms with E-state index >= 15 is 0 Å². The SMILES string of the molecule is CC(OC(=O)c1cc(I)ccc1N)c1ccccc1. The summed E-state index contributed by atoms with van der Waals surface area (Å²) in [4.78, 5) is 12.1. The second-order valence-corrected chi connectivity index (χ2v) is 5.44. The van der Waals surface area contributed by atoms with Gasteiger partial charge in [0.2, 0.25) is 0 Å². The summed E-state index contributed by atoms with van der Waals surface area (Å²) in [5, 5.41) is 0. The molecule has 4 heteroatoms. The molecule has 2 aromatic rings. The van der Waals surface area contributed by atoms with E-state index in [0.717, 1.165) is 9.13 Å². The lowest BCUT2D eigenvalue weighted by molar-refractivity contribution is 0.0339. The van der Waals surface area contributed by atoms with Crippen LogP contribution in [0.1, 0.15) is 28.9 Å². The molecule has 0 heterocycles. The predicted molar refractivity (Wildman–Crippen MR) is 83.8 cm³/mol. The molecule has 1 unspecified atom stereocenters. The molecule has 2 N–H and O–H groups in total. The van der Waals surface area contributed by atoms with E-state index in [1.807, 2.05) is 43.3 Å². The molecule has 0 amide bonds. The van der Waals surface area contributed by atoms with Crippen LogP contribution in [0.15, 0.2) is 48.5 Å². The number of hydrogen-bond donors (Lipinski definition) is 1. The van der Waals surface area contributed by atoms with Crippen LogP contribution >= 0.6 is 22.6 Å². The monoisotopic (exact) mass is 367 g/mol. The Balaban J connectivity index is 2.15. The molecule has 0 aliphatic carbocycles. The summed E-state index contributed by atoms with van der Waals surface area (Å²) in [6.07, 6.45) is -0.300. The quantitative estimate of drug-likeness (QED) is 0.510. The highest BCUT2D eigenvalue weighted by molar-refractivity contribution is 14.1. The second kappa shape index (κ2) is 6.06. The summed E-state index contributed by atoms with van der Waals surface area (Å²) >= 11 is 2.14. The van der Waals surface area contributed by atoms with E-state index in [0.29, 0.717) is 11.3 Å². The third-order valence-electron chi connectivity index (χ3n) is 2.79. The van der Waals surface area contributed by atoms with Crippen LogP contribution in [0.3, 0.4) is 0 Å². The van der Waals surface area contributed by atoms with Gasteiger partial charge in [0.25, 0.3) is 0 Å². The first kappa shape index (κ1) is 13.9. The van der Waals surface area contributed by atoms with Crippen molar-refractivity contribution >= 4 is 34.2 Å². The Morgan fingerprint density at radius 1 is 1.21 bits per heavy atom. The zero-order chi connectivity index (χ0) is 13.8. The number of esters is 1. The van der Waals surface area contributed by atoms with E-state index in [9.17, 15) is 4.79 Å². The van der Waals surface area contributed by atoms with Gasteiger partial charge in [0, 0.05) is 9.26 Å². The third kappa shape index (κ3) is 3.47. The van der Waals surface area contributed by atoms with Crippen molar-refractivity contribution in [3.63, 3.8) is 0 Å². The lowest BCUT2D eigenvalue weighted by Gasteiger charge is -2.14. The molecule has 0 saturated carbocycles. The van der Waals surface area contributed by atoms with E-state index in [2.05, 4.69) is 22.6 Å². The van der Waals surface area contributed by atoms with E-state index in [4.69, 9.17) is 10.5 Å². The molecule has 2 rings (SSSR count). The largest absolute Gasteiger partial charge is 0.454 e. The van der Waals surface area contributed by atoms with Gasteiger partial charge in [0.05, 0.1) is 5.56 Å². The molecule has 0 aliphatic heterocycles. The van der Waals surface area contributed by atoms with E-state index in [1.165, 1.54) is 0 Å². The van der Waals surface area contributed by atoms with Crippen LogP contribution in [0, 0.1) is 3.57 Å². The number of nitrogens with two attached hydrogens (primary N) is 1. The Labute approximate surface area is 125 Å². The Hall–Kier alpha value is -1.56. The predicted octanol–water partition coefficient (Wildman–Crippen LogP) is 3.79. The van der Waals surface area contributed by atoms with Gasteiger partial charge in [-0.1, -0.05) is 30.3 Å². The fourth-order valence-corrected chi connectivity index (χ4v) is 2.21. The molecule has 0 saturated heterocycles. The van der Waals surface area contributed by atoms with Crippen LogP contribution in [-0.2, 0) is 4.74 Å². The summed E-state index contributed by atoms with van der Waals surface area (Å²) in [5.41, 5.74) is 7.61. The van der Waals surface area contributed by atoms with Crippen LogP contribution in [-0.4, -0.2) is 5.97 Å². The first-order chi connectivity index (χ1) is 9.08. The number of hydrogen-bond acceptors (Lipinski definition) is 3. The standard InChI is InChI=1S/C15H14INO2/c1-10(11-5-3-2-4-6-11)19-15(18)13-9-12(16)7-8-14(13)17/h2-10H,17H2,1H3. The maximum Gasteiger partial charge on any atom is 0.340 e. The second-order valence-electron chi connectivity index (χ2n) is 4.19. The number of benzene rings is 2. The first-order valence-corrected chi connectivity index (χ1v) is 6.97. The zero-order valence-corrected chi connectivity index (χ0v) is 12.6. The van der Waals surface area contributed by atoms with Gasteiger partial charge in [0.15, 0.2) is 0 Å². The highest BCUT2D eigenvalue weighted by Gasteiger charge is 2.16. The highest BCUT2D eigenvalue weighted by Crippen LogP contribution is 2.22. The van der Waals surface area contributed by atoms with Gasteiger partial charge in [-0.2, -0.15) is 0 Å². The maximum absolute atomic E-state index is 12.1. The molecule has 1 atom stereocenters. The number of halogens is 1. The highest BCUT2D eigenvalue weighted by atomic mass is 127. The van der Waals surface area contributed by atoms with Crippen LogP contribution < -0.4 is 5.73 Å². The van der Waals surface area contributed by atoms with Crippen LogP contribution in [0.25, 0.3) is 0 Å². The Morgan fingerprint density at radius 2 is 1.89 bits per heavy atom. The Morgan fingerprint density at radius 3 is 2.58 bits per heavy atom. The van der Waals surface area contributed by atoms with Crippen molar-refractivity contribution in [2.24, 2.45) is 0 Å². The zero-order valence-electron chi connectivity index (χ0n) is 10.5. The molecule has 0 aliphatic rings. The summed E-state index contributed by atoms with van der Waals surface area (Å²) < 4.78 is 6.39. The number of anilines is 1. The van der Waals surface area contributed by atoms with Crippen molar-refractivity contribution in [2.75, 3.05) is 5.73 Å². The number of carbonyl (C=O) groups is 1. The number of ether oxygens (including phenoxy) is 1.